The summed E-state index contributed by atoms with van der Waals surface area (Å²) in [5.74, 6) is -0.982. The van der Waals surface area contributed by atoms with Crippen molar-refractivity contribution in [3.63, 3.8) is 0 Å². The zero-order valence-corrected chi connectivity index (χ0v) is 7.80. The van der Waals surface area contributed by atoms with E-state index in [0.717, 1.165) is 4.88 Å². The molecule has 0 saturated carbocycles. The number of rotatable bonds is 4. The van der Waals surface area contributed by atoms with Crippen molar-refractivity contribution in [3.8, 4) is 0 Å². The van der Waals surface area contributed by atoms with Gasteiger partial charge in [0.1, 0.15) is 4.88 Å². The minimum Gasteiger partial charge on any atom is -0.477 e. The average molecular weight is 198 g/mol. The molecule has 0 saturated heterocycles. The molecule has 70 valence electrons. The van der Waals surface area contributed by atoms with E-state index in [4.69, 9.17) is 10.2 Å². The molecule has 13 heavy (non-hydrogen) atoms. The van der Waals surface area contributed by atoms with Crippen LogP contribution in [0, 0.1) is 0 Å². The van der Waals surface area contributed by atoms with Crippen molar-refractivity contribution >= 4 is 17.3 Å². The molecule has 0 amide bonds. The summed E-state index contributed by atoms with van der Waals surface area (Å²) in [5.41, 5.74) is 0.481. The average Bonchev–Trinajstić information content (AvgIpc) is 2.48. The molecule has 0 unspecified atom stereocenters. The highest BCUT2D eigenvalue weighted by molar-refractivity contribution is 7.14. The van der Waals surface area contributed by atoms with Crippen LogP contribution in [0.15, 0.2) is 18.7 Å². The Labute approximate surface area is 80.0 Å². The van der Waals surface area contributed by atoms with E-state index in [1.54, 1.807) is 12.1 Å². The minimum absolute atomic E-state index is 0.222. The highest BCUT2D eigenvalue weighted by atomic mass is 32.1. The molecular formula is C9H10O3S. The fraction of sp³-hybridized carbons (Fsp3) is 0.222. The van der Waals surface area contributed by atoms with Crippen LogP contribution in [0.1, 0.15) is 20.1 Å². The molecule has 0 aliphatic carbocycles. The van der Waals surface area contributed by atoms with Crippen LogP contribution in [0.25, 0.3) is 0 Å². The van der Waals surface area contributed by atoms with Gasteiger partial charge < -0.3 is 10.2 Å². The van der Waals surface area contributed by atoms with Crippen LogP contribution in [0.5, 0.6) is 0 Å². The largest absolute Gasteiger partial charge is 0.477 e. The van der Waals surface area contributed by atoms with E-state index in [2.05, 4.69) is 6.58 Å². The molecule has 4 heteroatoms. The topological polar surface area (TPSA) is 57.5 Å². The number of aliphatic hydroxyl groups is 1. The van der Waals surface area contributed by atoms with Crippen molar-refractivity contribution in [1.82, 2.24) is 0 Å². The Balaban J connectivity index is 3.03. The predicted molar refractivity (Wildman–Crippen MR) is 51.1 cm³/mol. The number of thiophene rings is 1. The van der Waals surface area contributed by atoms with E-state index in [0.29, 0.717) is 12.0 Å². The summed E-state index contributed by atoms with van der Waals surface area (Å²) in [7, 11) is 0. The monoisotopic (exact) mass is 198 g/mol. The lowest BCUT2D eigenvalue weighted by molar-refractivity contribution is 0.0699. The van der Waals surface area contributed by atoms with Gasteiger partial charge >= 0.3 is 5.97 Å². The van der Waals surface area contributed by atoms with E-state index < -0.39 is 5.97 Å². The Morgan fingerprint density at radius 3 is 2.77 bits per heavy atom. The van der Waals surface area contributed by atoms with E-state index in [-0.39, 0.29) is 11.5 Å². The quantitative estimate of drug-likeness (QED) is 0.723. The van der Waals surface area contributed by atoms with Gasteiger partial charge in [0, 0.05) is 10.4 Å². The van der Waals surface area contributed by atoms with E-state index in [1.165, 1.54) is 11.3 Å². The maximum atomic E-state index is 10.7. The van der Waals surface area contributed by atoms with Gasteiger partial charge in [-0.2, -0.15) is 0 Å². The van der Waals surface area contributed by atoms with Crippen molar-refractivity contribution in [2.75, 3.05) is 0 Å². The van der Waals surface area contributed by atoms with Crippen LogP contribution in [-0.2, 0) is 13.0 Å². The van der Waals surface area contributed by atoms with Gasteiger partial charge in [-0.1, -0.05) is 6.08 Å². The highest BCUT2D eigenvalue weighted by Gasteiger charge is 2.13. The molecule has 0 atom stereocenters. The predicted octanol–water partition coefficient (Wildman–Crippen LogP) is 1.67. The molecule has 1 aromatic heterocycles. The first-order chi connectivity index (χ1) is 6.19. The zero-order chi connectivity index (χ0) is 9.84. The third-order valence-electron chi connectivity index (χ3n) is 1.57. The van der Waals surface area contributed by atoms with E-state index in [9.17, 15) is 4.79 Å². The summed E-state index contributed by atoms with van der Waals surface area (Å²) >= 11 is 1.19. The third-order valence-corrected chi connectivity index (χ3v) is 2.76. The molecule has 1 rings (SSSR count). The van der Waals surface area contributed by atoms with Crippen molar-refractivity contribution in [2.24, 2.45) is 0 Å². The van der Waals surface area contributed by atoms with Crippen LogP contribution in [0.4, 0.5) is 0 Å². The number of aliphatic hydroxyl groups excluding tert-OH is 1. The van der Waals surface area contributed by atoms with Crippen molar-refractivity contribution in [1.29, 1.82) is 0 Å². The van der Waals surface area contributed by atoms with E-state index >= 15 is 0 Å². The van der Waals surface area contributed by atoms with Gasteiger partial charge in [0.25, 0.3) is 0 Å². The summed E-state index contributed by atoms with van der Waals surface area (Å²) in [6.07, 6.45) is 2.35. The molecule has 3 nitrogen and oxygen atoms in total. The normalized spacial score (nSPS) is 9.92. The summed E-state index contributed by atoms with van der Waals surface area (Å²) < 4.78 is 0. The number of hydrogen-bond acceptors (Lipinski definition) is 3. The fourth-order valence-electron chi connectivity index (χ4n) is 1.03. The first-order valence-electron chi connectivity index (χ1n) is 3.75. The Bertz CT molecular complexity index is 328. The second kappa shape index (κ2) is 4.20. The highest BCUT2D eigenvalue weighted by Crippen LogP contribution is 2.23. The van der Waals surface area contributed by atoms with Gasteiger partial charge in [-0.05, 0) is 12.5 Å². The SMILES string of the molecule is C=CCc1cc(CO)c(C(=O)O)s1. The van der Waals surface area contributed by atoms with Crippen molar-refractivity contribution < 1.29 is 15.0 Å². The number of carbonyl (C=O) groups is 1. The van der Waals surface area contributed by atoms with Crippen LogP contribution in [0.3, 0.4) is 0 Å². The van der Waals surface area contributed by atoms with Crippen LogP contribution >= 0.6 is 11.3 Å². The minimum atomic E-state index is -0.982. The number of hydrogen-bond donors (Lipinski definition) is 2. The molecule has 1 heterocycles. The fourth-order valence-corrected chi connectivity index (χ4v) is 2.03. The molecule has 0 aliphatic rings. The Morgan fingerprint density at radius 2 is 2.38 bits per heavy atom. The number of carboxylic acids is 1. The number of aromatic carboxylic acids is 1. The summed E-state index contributed by atoms with van der Waals surface area (Å²) in [5, 5.41) is 17.6. The smallest absolute Gasteiger partial charge is 0.346 e. The maximum absolute atomic E-state index is 10.7. The third kappa shape index (κ3) is 2.17. The zero-order valence-electron chi connectivity index (χ0n) is 6.99. The van der Waals surface area contributed by atoms with Gasteiger partial charge in [-0.25, -0.2) is 4.79 Å². The molecule has 0 aliphatic heterocycles. The van der Waals surface area contributed by atoms with Crippen LogP contribution < -0.4 is 0 Å². The molecule has 0 spiro atoms. The number of allylic oxidation sites excluding steroid dienone is 1. The standard InChI is InChI=1S/C9H10O3S/c1-2-3-7-4-6(5-10)8(13-7)9(11)12/h2,4,10H,1,3,5H2,(H,11,12). The molecule has 1 aromatic rings. The second-order valence-corrected chi connectivity index (χ2v) is 3.66. The first-order valence-corrected chi connectivity index (χ1v) is 4.57. The molecule has 0 radical (unpaired) electrons. The second-order valence-electron chi connectivity index (χ2n) is 2.52. The molecule has 0 bridgehead atoms. The molecule has 0 aromatic carbocycles. The van der Waals surface area contributed by atoms with Crippen LogP contribution in [-0.4, -0.2) is 16.2 Å². The number of carboxylic acid groups (broad SMARTS) is 1. The van der Waals surface area contributed by atoms with Gasteiger partial charge in [-0.15, -0.1) is 17.9 Å². The van der Waals surface area contributed by atoms with E-state index in [1.807, 2.05) is 0 Å². The van der Waals surface area contributed by atoms with Gasteiger partial charge in [0.15, 0.2) is 0 Å². The Kier molecular flexibility index (Phi) is 3.22. The lowest BCUT2D eigenvalue weighted by Crippen LogP contribution is -1.96. The lowest BCUT2D eigenvalue weighted by Gasteiger charge is -1.90. The maximum Gasteiger partial charge on any atom is 0.346 e. The van der Waals surface area contributed by atoms with Gasteiger partial charge in [-0.3, -0.25) is 0 Å². The lowest BCUT2D eigenvalue weighted by atomic mass is 10.2. The summed E-state index contributed by atoms with van der Waals surface area (Å²) in [6, 6.07) is 1.70. The molecular weight excluding hydrogens is 188 g/mol. The Morgan fingerprint density at radius 1 is 1.69 bits per heavy atom. The Hall–Kier alpha value is -1.13. The van der Waals surface area contributed by atoms with Crippen molar-refractivity contribution in [3.05, 3.63) is 34.0 Å². The van der Waals surface area contributed by atoms with Gasteiger partial charge in [0.2, 0.25) is 0 Å². The summed E-state index contributed by atoms with van der Waals surface area (Å²) in [6.45, 7) is 3.34. The molecule has 0 fully saturated rings. The summed E-state index contributed by atoms with van der Waals surface area (Å²) in [4.78, 5) is 11.8. The van der Waals surface area contributed by atoms with Crippen LogP contribution in [0.2, 0.25) is 0 Å². The molecule has 2 N–H and O–H groups in total. The first kappa shape index (κ1) is 9.95. The van der Waals surface area contributed by atoms with Crippen molar-refractivity contribution in [2.45, 2.75) is 13.0 Å². The van der Waals surface area contributed by atoms with Gasteiger partial charge in [0.05, 0.1) is 6.61 Å².